The van der Waals surface area contributed by atoms with Crippen molar-refractivity contribution < 1.29 is 9.21 Å². The monoisotopic (exact) mass is 378 g/mol. The van der Waals surface area contributed by atoms with Gasteiger partial charge in [0.05, 0.1) is 0 Å². The molecule has 23 heavy (non-hydrogen) atoms. The third-order valence-corrected chi connectivity index (χ3v) is 3.81. The SMILES string of the molecule is Cc1cc(Br)oc1C(=O)NCCCn1nc2ccccn2c1=O. The van der Waals surface area contributed by atoms with Crippen LogP contribution >= 0.6 is 15.9 Å². The van der Waals surface area contributed by atoms with Crippen LogP contribution in [0, 0.1) is 6.92 Å². The molecule has 3 aromatic rings. The third kappa shape index (κ3) is 3.21. The number of rotatable bonds is 5. The van der Waals surface area contributed by atoms with Crippen LogP contribution in [0.2, 0.25) is 0 Å². The maximum atomic E-state index is 12.1. The van der Waals surface area contributed by atoms with Crippen molar-refractivity contribution >= 4 is 27.5 Å². The normalized spacial score (nSPS) is 11.0. The molecule has 0 spiro atoms. The third-order valence-electron chi connectivity index (χ3n) is 3.41. The number of aromatic nitrogens is 3. The lowest BCUT2D eigenvalue weighted by molar-refractivity contribution is 0.0922. The Kier molecular flexibility index (Phi) is 4.33. The van der Waals surface area contributed by atoms with E-state index in [-0.39, 0.29) is 11.6 Å². The van der Waals surface area contributed by atoms with Gasteiger partial charge in [0.25, 0.3) is 5.91 Å². The average Bonchev–Trinajstić information content (AvgIpc) is 3.04. The zero-order valence-electron chi connectivity index (χ0n) is 12.5. The summed E-state index contributed by atoms with van der Waals surface area (Å²) in [5.41, 5.74) is 1.20. The Balaban J connectivity index is 1.57. The molecule has 3 aromatic heterocycles. The molecule has 3 heterocycles. The maximum absolute atomic E-state index is 12.1. The van der Waals surface area contributed by atoms with E-state index in [0.29, 0.717) is 35.6 Å². The minimum Gasteiger partial charge on any atom is -0.444 e. The molecule has 0 saturated heterocycles. The van der Waals surface area contributed by atoms with E-state index < -0.39 is 0 Å². The first-order valence-corrected chi connectivity index (χ1v) is 7.94. The summed E-state index contributed by atoms with van der Waals surface area (Å²) in [4.78, 5) is 24.1. The van der Waals surface area contributed by atoms with Crippen LogP contribution in [0.3, 0.4) is 0 Å². The molecular weight excluding hydrogens is 364 g/mol. The number of aryl methyl sites for hydroxylation is 2. The van der Waals surface area contributed by atoms with Gasteiger partial charge in [-0.1, -0.05) is 6.07 Å². The minimum absolute atomic E-state index is 0.183. The van der Waals surface area contributed by atoms with Gasteiger partial charge in [0.2, 0.25) is 0 Å². The molecule has 0 radical (unpaired) electrons. The second-order valence-electron chi connectivity index (χ2n) is 5.11. The van der Waals surface area contributed by atoms with Crippen LogP contribution < -0.4 is 11.0 Å². The highest BCUT2D eigenvalue weighted by molar-refractivity contribution is 9.10. The summed E-state index contributed by atoms with van der Waals surface area (Å²) in [5, 5.41) is 7.01. The zero-order valence-corrected chi connectivity index (χ0v) is 14.0. The van der Waals surface area contributed by atoms with E-state index in [4.69, 9.17) is 4.42 Å². The van der Waals surface area contributed by atoms with Crippen molar-refractivity contribution in [3.63, 3.8) is 0 Å². The largest absolute Gasteiger partial charge is 0.444 e. The van der Waals surface area contributed by atoms with E-state index in [0.717, 1.165) is 5.56 Å². The van der Waals surface area contributed by atoms with Gasteiger partial charge in [-0.25, -0.2) is 9.48 Å². The van der Waals surface area contributed by atoms with E-state index in [9.17, 15) is 9.59 Å². The molecule has 0 fully saturated rings. The Morgan fingerprint density at radius 2 is 2.26 bits per heavy atom. The molecule has 0 aliphatic rings. The van der Waals surface area contributed by atoms with Gasteiger partial charge in [-0.2, -0.15) is 0 Å². The number of hydrogen-bond acceptors (Lipinski definition) is 4. The summed E-state index contributed by atoms with van der Waals surface area (Å²) in [6, 6.07) is 7.13. The van der Waals surface area contributed by atoms with Crippen molar-refractivity contribution in [2.45, 2.75) is 19.9 Å². The number of nitrogens with one attached hydrogen (secondary N) is 1. The molecule has 8 heteroatoms. The second-order valence-corrected chi connectivity index (χ2v) is 5.89. The van der Waals surface area contributed by atoms with E-state index in [1.807, 2.05) is 6.07 Å². The number of hydrogen-bond donors (Lipinski definition) is 1. The number of amides is 1. The van der Waals surface area contributed by atoms with Crippen LogP contribution in [0.5, 0.6) is 0 Å². The van der Waals surface area contributed by atoms with Gasteiger partial charge in [-0.05, 0) is 47.5 Å². The van der Waals surface area contributed by atoms with E-state index in [1.165, 1.54) is 9.08 Å². The Labute approximate surface area is 140 Å². The Bertz CT molecular complexity index is 909. The molecule has 0 aliphatic heterocycles. The molecule has 3 rings (SSSR count). The molecule has 7 nitrogen and oxygen atoms in total. The first-order chi connectivity index (χ1) is 11.1. The lowest BCUT2D eigenvalue weighted by Gasteiger charge is -2.03. The van der Waals surface area contributed by atoms with Crippen molar-refractivity contribution in [2.75, 3.05) is 6.54 Å². The van der Waals surface area contributed by atoms with Crippen LogP contribution in [0.15, 0.2) is 44.3 Å². The molecule has 0 aliphatic carbocycles. The molecule has 120 valence electrons. The second kappa shape index (κ2) is 6.41. The fraction of sp³-hybridized carbons (Fsp3) is 0.267. The highest BCUT2D eigenvalue weighted by atomic mass is 79.9. The number of nitrogens with zero attached hydrogens (tertiary/aromatic N) is 3. The van der Waals surface area contributed by atoms with Crippen LogP contribution in [0.1, 0.15) is 22.5 Å². The first kappa shape index (κ1) is 15.5. The molecular formula is C15H15BrN4O3. The van der Waals surface area contributed by atoms with Crippen LogP contribution in [-0.4, -0.2) is 26.6 Å². The molecule has 1 N–H and O–H groups in total. The Morgan fingerprint density at radius 1 is 1.43 bits per heavy atom. The molecule has 1 amide bonds. The summed E-state index contributed by atoms with van der Waals surface area (Å²) in [5.74, 6) is 0.0253. The quantitative estimate of drug-likeness (QED) is 0.688. The van der Waals surface area contributed by atoms with E-state index in [1.54, 1.807) is 31.3 Å². The fourth-order valence-corrected chi connectivity index (χ4v) is 2.80. The maximum Gasteiger partial charge on any atom is 0.350 e. The fourth-order valence-electron chi connectivity index (χ4n) is 2.29. The smallest absolute Gasteiger partial charge is 0.350 e. The summed E-state index contributed by atoms with van der Waals surface area (Å²) in [6.07, 6.45) is 2.27. The van der Waals surface area contributed by atoms with Crippen LogP contribution in [-0.2, 0) is 6.54 Å². The van der Waals surface area contributed by atoms with Gasteiger partial charge in [-0.15, -0.1) is 5.10 Å². The van der Waals surface area contributed by atoms with Crippen molar-refractivity contribution in [2.24, 2.45) is 0 Å². The van der Waals surface area contributed by atoms with E-state index >= 15 is 0 Å². The Hall–Kier alpha value is -2.35. The predicted molar refractivity (Wildman–Crippen MR) is 87.5 cm³/mol. The standard InChI is InChI=1S/C15H15BrN4O3/c1-10-9-11(16)23-13(10)14(21)17-6-4-8-20-15(22)19-7-3-2-5-12(19)18-20/h2-3,5,7,9H,4,6,8H2,1H3,(H,17,21). The molecule has 0 bridgehead atoms. The lowest BCUT2D eigenvalue weighted by Crippen LogP contribution is -2.27. The highest BCUT2D eigenvalue weighted by Crippen LogP contribution is 2.19. The highest BCUT2D eigenvalue weighted by Gasteiger charge is 2.14. The number of fused-ring (bicyclic) bond motifs is 1. The van der Waals surface area contributed by atoms with Gasteiger partial charge in [0, 0.05) is 24.8 Å². The van der Waals surface area contributed by atoms with Gasteiger partial charge < -0.3 is 9.73 Å². The van der Waals surface area contributed by atoms with Crippen molar-refractivity contribution in [1.29, 1.82) is 0 Å². The van der Waals surface area contributed by atoms with Gasteiger partial charge >= 0.3 is 5.69 Å². The number of furan rings is 1. The van der Waals surface area contributed by atoms with Crippen LogP contribution in [0.25, 0.3) is 5.65 Å². The minimum atomic E-state index is -0.268. The van der Waals surface area contributed by atoms with Crippen molar-refractivity contribution in [1.82, 2.24) is 19.5 Å². The zero-order chi connectivity index (χ0) is 16.4. The van der Waals surface area contributed by atoms with Gasteiger partial charge in [0.15, 0.2) is 16.1 Å². The lowest BCUT2D eigenvalue weighted by atomic mass is 10.2. The molecule has 0 atom stereocenters. The number of halogens is 1. The van der Waals surface area contributed by atoms with Crippen molar-refractivity contribution in [3.8, 4) is 0 Å². The summed E-state index contributed by atoms with van der Waals surface area (Å²) < 4.78 is 8.70. The summed E-state index contributed by atoms with van der Waals surface area (Å²) in [6.45, 7) is 2.66. The Morgan fingerprint density at radius 3 is 2.96 bits per heavy atom. The topological polar surface area (TPSA) is 81.5 Å². The number of pyridine rings is 1. The van der Waals surface area contributed by atoms with Gasteiger partial charge in [0.1, 0.15) is 0 Å². The molecule has 0 aromatic carbocycles. The summed E-state index contributed by atoms with van der Waals surface area (Å²) >= 11 is 3.19. The first-order valence-electron chi connectivity index (χ1n) is 7.14. The van der Waals surface area contributed by atoms with Gasteiger partial charge in [-0.3, -0.25) is 9.20 Å². The average molecular weight is 379 g/mol. The molecule has 0 saturated carbocycles. The number of carbonyl (C=O) groups excluding carboxylic acids is 1. The molecule has 0 unspecified atom stereocenters. The van der Waals surface area contributed by atoms with Crippen molar-refractivity contribution in [3.05, 3.63) is 56.9 Å². The predicted octanol–water partition coefficient (Wildman–Crippen LogP) is 1.98. The van der Waals surface area contributed by atoms with Crippen LogP contribution in [0.4, 0.5) is 0 Å². The number of carbonyl (C=O) groups is 1. The summed E-state index contributed by atoms with van der Waals surface area (Å²) in [7, 11) is 0. The van der Waals surface area contributed by atoms with E-state index in [2.05, 4.69) is 26.3 Å².